The maximum absolute atomic E-state index is 9.78. The van der Waals surface area contributed by atoms with Gasteiger partial charge in [0.2, 0.25) is 6.54 Å². The quantitative estimate of drug-likeness (QED) is 0.417. The van der Waals surface area contributed by atoms with Gasteiger partial charge in [0.1, 0.15) is 5.92 Å². The van der Waals surface area contributed by atoms with E-state index in [2.05, 4.69) is 0 Å². The molecule has 0 rings (SSSR count). The Labute approximate surface area is 53.2 Å². The Hall–Kier alpha value is -1.11. The Morgan fingerprint density at radius 1 is 1.89 bits per heavy atom. The fourth-order valence-electron chi connectivity index (χ4n) is 0.441. The molecule has 1 atom stereocenters. The minimum absolute atomic E-state index is 0.229. The van der Waals surface area contributed by atoms with Crippen LogP contribution in [0.3, 0.4) is 0 Å². The summed E-state index contributed by atoms with van der Waals surface area (Å²) >= 11 is 0. The second-order valence-corrected chi connectivity index (χ2v) is 1.75. The van der Waals surface area contributed by atoms with Gasteiger partial charge in [-0.05, 0) is 6.42 Å². The van der Waals surface area contributed by atoms with Gasteiger partial charge >= 0.3 is 0 Å². The summed E-state index contributed by atoms with van der Waals surface area (Å²) in [7, 11) is 0. The highest BCUT2D eigenvalue weighted by Crippen LogP contribution is 1.98. The van der Waals surface area contributed by atoms with E-state index in [4.69, 9.17) is 5.26 Å². The number of hydrogen-bond donors (Lipinski definition) is 0. The molecule has 0 aromatic carbocycles. The average molecular weight is 128 g/mol. The van der Waals surface area contributed by atoms with Crippen LogP contribution in [0.15, 0.2) is 0 Å². The van der Waals surface area contributed by atoms with Crippen LogP contribution in [0.4, 0.5) is 0 Å². The smallest absolute Gasteiger partial charge is 0.219 e. The molecule has 0 saturated carbocycles. The Bertz CT molecular complexity index is 138. The van der Waals surface area contributed by atoms with Crippen LogP contribution in [-0.4, -0.2) is 11.5 Å². The zero-order chi connectivity index (χ0) is 7.28. The van der Waals surface area contributed by atoms with Crippen LogP contribution in [0.25, 0.3) is 0 Å². The second kappa shape index (κ2) is 3.84. The number of nitriles is 1. The lowest BCUT2D eigenvalue weighted by molar-refractivity contribution is -0.485. The maximum Gasteiger partial charge on any atom is 0.219 e. The summed E-state index contributed by atoms with van der Waals surface area (Å²) in [5.74, 6) is -0.417. The fourth-order valence-corrected chi connectivity index (χ4v) is 0.441. The molecule has 0 bridgehead atoms. The topological polar surface area (TPSA) is 66.9 Å². The molecule has 0 unspecified atom stereocenters. The molecule has 4 heteroatoms. The zero-order valence-corrected chi connectivity index (χ0v) is 5.20. The molecule has 4 nitrogen and oxygen atoms in total. The average Bonchev–Trinajstić information content (AvgIpc) is 1.82. The van der Waals surface area contributed by atoms with E-state index in [1.807, 2.05) is 6.07 Å². The summed E-state index contributed by atoms with van der Waals surface area (Å²) in [6.07, 6.45) is 0.553. The molecule has 0 heterocycles. The van der Waals surface area contributed by atoms with Gasteiger partial charge in [0.05, 0.1) is 6.07 Å². The Morgan fingerprint density at radius 2 is 2.44 bits per heavy atom. The van der Waals surface area contributed by atoms with Gasteiger partial charge in [-0.3, -0.25) is 10.1 Å². The molecule has 0 N–H and O–H groups in total. The van der Waals surface area contributed by atoms with Crippen LogP contribution in [-0.2, 0) is 0 Å². The maximum atomic E-state index is 9.78. The molecule has 0 aromatic heterocycles. The van der Waals surface area contributed by atoms with Crippen LogP contribution in [0.5, 0.6) is 0 Å². The van der Waals surface area contributed by atoms with Gasteiger partial charge < -0.3 is 0 Å². The number of nitrogens with zero attached hydrogens (tertiary/aromatic N) is 2. The van der Waals surface area contributed by atoms with Crippen LogP contribution in [0.2, 0.25) is 0 Å². The highest BCUT2D eigenvalue weighted by molar-refractivity contribution is 4.80. The van der Waals surface area contributed by atoms with Crippen LogP contribution >= 0.6 is 0 Å². The summed E-state index contributed by atoms with van der Waals surface area (Å²) < 4.78 is 0. The molecule has 0 saturated heterocycles. The molecule has 0 spiro atoms. The molecular formula is C5H8N2O2. The third-order valence-corrected chi connectivity index (χ3v) is 1.04. The number of rotatable bonds is 3. The predicted octanol–water partition coefficient (Wildman–Crippen LogP) is 0.813. The Morgan fingerprint density at radius 3 is 2.56 bits per heavy atom. The van der Waals surface area contributed by atoms with E-state index >= 15 is 0 Å². The summed E-state index contributed by atoms with van der Waals surface area (Å²) in [5, 5.41) is 18.0. The van der Waals surface area contributed by atoms with Crippen LogP contribution < -0.4 is 0 Å². The van der Waals surface area contributed by atoms with Gasteiger partial charge in [0.25, 0.3) is 0 Å². The van der Waals surface area contributed by atoms with E-state index in [-0.39, 0.29) is 6.54 Å². The fraction of sp³-hybridized carbons (Fsp3) is 0.800. The van der Waals surface area contributed by atoms with Gasteiger partial charge in [-0.25, -0.2) is 0 Å². The van der Waals surface area contributed by atoms with Crippen molar-refractivity contribution in [3.8, 4) is 6.07 Å². The van der Waals surface area contributed by atoms with E-state index in [0.29, 0.717) is 6.42 Å². The third-order valence-electron chi connectivity index (χ3n) is 1.04. The molecule has 0 aliphatic rings. The molecule has 0 radical (unpaired) electrons. The first-order valence-corrected chi connectivity index (χ1v) is 2.72. The van der Waals surface area contributed by atoms with Gasteiger partial charge in [-0.2, -0.15) is 5.26 Å². The minimum Gasteiger partial charge on any atom is -0.264 e. The van der Waals surface area contributed by atoms with Gasteiger partial charge in [-0.1, -0.05) is 6.92 Å². The molecule has 0 fully saturated rings. The van der Waals surface area contributed by atoms with Gasteiger partial charge in [-0.15, -0.1) is 0 Å². The van der Waals surface area contributed by atoms with Crippen molar-refractivity contribution in [3.63, 3.8) is 0 Å². The summed E-state index contributed by atoms with van der Waals surface area (Å²) in [6, 6.07) is 1.84. The molecule has 50 valence electrons. The lowest BCUT2D eigenvalue weighted by Crippen LogP contribution is -2.10. The Balaban J connectivity index is 3.60. The first-order valence-electron chi connectivity index (χ1n) is 2.72. The standard InChI is InChI=1S/C5H8N2O2/c1-2-5(3-6)4-7(8)9/h5H,2,4H2,1H3/t5-/m1/s1. The highest BCUT2D eigenvalue weighted by atomic mass is 16.6. The Kier molecular flexibility index (Phi) is 3.37. The lowest BCUT2D eigenvalue weighted by Gasteiger charge is -1.95. The van der Waals surface area contributed by atoms with Crippen molar-refractivity contribution in [2.75, 3.05) is 6.54 Å². The van der Waals surface area contributed by atoms with Crippen molar-refractivity contribution in [3.05, 3.63) is 10.1 Å². The highest BCUT2D eigenvalue weighted by Gasteiger charge is 2.10. The number of nitro groups is 1. The van der Waals surface area contributed by atoms with Gasteiger partial charge in [0.15, 0.2) is 0 Å². The normalized spacial score (nSPS) is 12.0. The SMILES string of the molecule is CC[C@H](C#N)C[N+](=O)[O-]. The van der Waals surface area contributed by atoms with Crippen molar-refractivity contribution in [2.24, 2.45) is 5.92 Å². The lowest BCUT2D eigenvalue weighted by atomic mass is 10.1. The van der Waals surface area contributed by atoms with Crippen LogP contribution in [0, 0.1) is 27.4 Å². The van der Waals surface area contributed by atoms with Crippen molar-refractivity contribution in [1.29, 1.82) is 5.26 Å². The first kappa shape index (κ1) is 7.89. The van der Waals surface area contributed by atoms with Gasteiger partial charge in [0, 0.05) is 4.92 Å². The summed E-state index contributed by atoms with van der Waals surface area (Å²) in [4.78, 5) is 9.32. The molecule has 9 heavy (non-hydrogen) atoms. The summed E-state index contributed by atoms with van der Waals surface area (Å²) in [5.41, 5.74) is 0. The van der Waals surface area contributed by atoms with E-state index in [0.717, 1.165) is 0 Å². The molecular weight excluding hydrogens is 120 g/mol. The first-order chi connectivity index (χ1) is 4.20. The molecule has 0 aliphatic carbocycles. The van der Waals surface area contributed by atoms with E-state index in [1.54, 1.807) is 6.92 Å². The van der Waals surface area contributed by atoms with E-state index in [9.17, 15) is 10.1 Å². The van der Waals surface area contributed by atoms with Crippen molar-refractivity contribution < 1.29 is 4.92 Å². The van der Waals surface area contributed by atoms with Crippen LogP contribution in [0.1, 0.15) is 13.3 Å². The predicted molar refractivity (Wildman–Crippen MR) is 31.3 cm³/mol. The molecule has 0 aromatic rings. The minimum atomic E-state index is -0.461. The number of hydrogen-bond acceptors (Lipinski definition) is 3. The van der Waals surface area contributed by atoms with E-state index in [1.165, 1.54) is 0 Å². The van der Waals surface area contributed by atoms with Crippen molar-refractivity contribution in [2.45, 2.75) is 13.3 Å². The molecule has 0 amide bonds. The summed E-state index contributed by atoms with van der Waals surface area (Å²) in [6.45, 7) is 1.53. The van der Waals surface area contributed by atoms with E-state index < -0.39 is 10.8 Å². The molecule has 0 aliphatic heterocycles. The van der Waals surface area contributed by atoms with Crippen molar-refractivity contribution in [1.82, 2.24) is 0 Å². The monoisotopic (exact) mass is 128 g/mol. The second-order valence-electron chi connectivity index (χ2n) is 1.75. The van der Waals surface area contributed by atoms with Crippen molar-refractivity contribution >= 4 is 0 Å². The third kappa shape index (κ3) is 3.47. The zero-order valence-electron chi connectivity index (χ0n) is 5.20. The largest absolute Gasteiger partial charge is 0.264 e.